The van der Waals surface area contributed by atoms with E-state index in [1.807, 2.05) is 23.1 Å². The molecule has 1 aromatic carbocycles. The average molecular weight is 289 g/mol. The molecule has 1 heterocycles. The van der Waals surface area contributed by atoms with Crippen LogP contribution in [0.1, 0.15) is 25.0 Å². The summed E-state index contributed by atoms with van der Waals surface area (Å²) in [7, 11) is 0. The topological polar surface area (TPSA) is 61.4 Å². The summed E-state index contributed by atoms with van der Waals surface area (Å²) in [6.07, 6.45) is 1.77. The molecule has 2 amide bonds. The highest BCUT2D eigenvalue weighted by atomic mass is 16.2. The Morgan fingerprint density at radius 1 is 1.29 bits per heavy atom. The number of anilines is 1. The zero-order valence-corrected chi connectivity index (χ0v) is 12.7. The molecule has 1 aliphatic heterocycles. The van der Waals surface area contributed by atoms with Crippen molar-refractivity contribution in [3.05, 3.63) is 29.3 Å². The van der Waals surface area contributed by atoms with Gasteiger partial charge in [-0.25, -0.2) is 0 Å². The van der Waals surface area contributed by atoms with Crippen molar-refractivity contribution in [2.75, 3.05) is 31.5 Å². The smallest absolute Gasteiger partial charge is 0.238 e. The van der Waals surface area contributed by atoms with E-state index in [2.05, 4.69) is 24.5 Å². The lowest BCUT2D eigenvalue weighted by Gasteiger charge is -2.26. The van der Waals surface area contributed by atoms with E-state index in [-0.39, 0.29) is 18.4 Å². The van der Waals surface area contributed by atoms with Gasteiger partial charge in [0.2, 0.25) is 11.8 Å². The van der Waals surface area contributed by atoms with Crippen LogP contribution in [0.3, 0.4) is 0 Å². The van der Waals surface area contributed by atoms with Gasteiger partial charge in [0, 0.05) is 18.8 Å². The number of hydrogen-bond acceptors (Lipinski definition) is 3. The lowest BCUT2D eigenvalue weighted by atomic mass is 10.0. The number of aryl methyl sites for hydroxylation is 2. The standard InChI is InChI=1S/C16H23N3O2/c1-3-12-6-5-7-13(4-2)16(12)18-15(21)11-19-9-8-17-14(20)10-19/h5-7H,3-4,8-11H2,1-2H3,(H,17,20)(H,18,21). The SMILES string of the molecule is CCc1cccc(CC)c1NC(=O)CN1CCNC(=O)C1. The molecule has 2 rings (SSSR count). The summed E-state index contributed by atoms with van der Waals surface area (Å²) >= 11 is 0. The fraction of sp³-hybridized carbons (Fsp3) is 0.500. The van der Waals surface area contributed by atoms with Crippen LogP contribution in [-0.2, 0) is 22.4 Å². The third kappa shape index (κ3) is 4.04. The van der Waals surface area contributed by atoms with E-state index in [1.54, 1.807) is 0 Å². The number of benzene rings is 1. The molecule has 0 spiro atoms. The largest absolute Gasteiger partial charge is 0.354 e. The number of nitrogens with one attached hydrogen (secondary N) is 2. The van der Waals surface area contributed by atoms with Crippen LogP contribution in [0.5, 0.6) is 0 Å². The summed E-state index contributed by atoms with van der Waals surface area (Å²) in [6, 6.07) is 6.12. The van der Waals surface area contributed by atoms with E-state index in [0.29, 0.717) is 13.1 Å². The van der Waals surface area contributed by atoms with E-state index in [0.717, 1.165) is 36.2 Å². The van der Waals surface area contributed by atoms with Crippen molar-refractivity contribution in [2.45, 2.75) is 26.7 Å². The minimum absolute atomic E-state index is 0.0164. The highest BCUT2D eigenvalue weighted by Crippen LogP contribution is 2.22. The van der Waals surface area contributed by atoms with Crippen molar-refractivity contribution in [3.63, 3.8) is 0 Å². The summed E-state index contributed by atoms with van der Waals surface area (Å²) in [5, 5.41) is 5.79. The Hall–Kier alpha value is -1.88. The van der Waals surface area contributed by atoms with Gasteiger partial charge in [-0.3, -0.25) is 14.5 Å². The van der Waals surface area contributed by atoms with E-state index in [4.69, 9.17) is 0 Å². The molecule has 0 bridgehead atoms. The molecule has 0 aromatic heterocycles. The van der Waals surface area contributed by atoms with Gasteiger partial charge in [0.25, 0.3) is 0 Å². The average Bonchev–Trinajstić information content (AvgIpc) is 2.47. The lowest BCUT2D eigenvalue weighted by molar-refractivity contribution is -0.125. The molecule has 21 heavy (non-hydrogen) atoms. The Balaban J connectivity index is 2.03. The van der Waals surface area contributed by atoms with Crippen LogP contribution in [-0.4, -0.2) is 42.9 Å². The van der Waals surface area contributed by atoms with Crippen molar-refractivity contribution in [2.24, 2.45) is 0 Å². The normalized spacial score (nSPS) is 15.6. The van der Waals surface area contributed by atoms with Crippen LogP contribution < -0.4 is 10.6 Å². The first-order chi connectivity index (χ1) is 10.1. The molecule has 1 aromatic rings. The van der Waals surface area contributed by atoms with Gasteiger partial charge in [-0.15, -0.1) is 0 Å². The van der Waals surface area contributed by atoms with Crippen LogP contribution in [0.2, 0.25) is 0 Å². The van der Waals surface area contributed by atoms with Crippen LogP contribution in [0.15, 0.2) is 18.2 Å². The number of piperazine rings is 1. The van der Waals surface area contributed by atoms with Gasteiger partial charge in [0.15, 0.2) is 0 Å². The van der Waals surface area contributed by atoms with Crippen molar-refractivity contribution in [1.29, 1.82) is 0 Å². The zero-order chi connectivity index (χ0) is 15.2. The van der Waals surface area contributed by atoms with Gasteiger partial charge in [-0.05, 0) is 24.0 Å². The highest BCUT2D eigenvalue weighted by Gasteiger charge is 2.19. The second kappa shape index (κ2) is 7.22. The van der Waals surface area contributed by atoms with E-state index < -0.39 is 0 Å². The molecule has 0 aliphatic carbocycles. The Kier molecular flexibility index (Phi) is 5.33. The molecule has 1 fully saturated rings. The lowest BCUT2D eigenvalue weighted by Crippen LogP contribution is -2.49. The highest BCUT2D eigenvalue weighted by molar-refractivity contribution is 5.94. The number of carbonyl (C=O) groups is 2. The Morgan fingerprint density at radius 3 is 2.52 bits per heavy atom. The Labute approximate surface area is 125 Å². The molecule has 1 saturated heterocycles. The van der Waals surface area contributed by atoms with Crippen LogP contribution >= 0.6 is 0 Å². The molecule has 2 N–H and O–H groups in total. The van der Waals surface area contributed by atoms with Gasteiger partial charge in [-0.1, -0.05) is 32.0 Å². The van der Waals surface area contributed by atoms with Crippen LogP contribution in [0.25, 0.3) is 0 Å². The molecule has 1 aliphatic rings. The van der Waals surface area contributed by atoms with E-state index in [9.17, 15) is 9.59 Å². The molecular formula is C16H23N3O2. The minimum atomic E-state index is -0.0553. The van der Waals surface area contributed by atoms with E-state index >= 15 is 0 Å². The third-order valence-corrected chi connectivity index (χ3v) is 3.75. The zero-order valence-electron chi connectivity index (χ0n) is 12.7. The number of rotatable bonds is 5. The number of carbonyl (C=O) groups excluding carboxylic acids is 2. The summed E-state index contributed by atoms with van der Waals surface area (Å²) in [6.45, 7) is 6.05. The molecule has 0 radical (unpaired) electrons. The van der Waals surface area contributed by atoms with Crippen LogP contribution in [0, 0.1) is 0 Å². The predicted octanol–water partition coefficient (Wildman–Crippen LogP) is 1.18. The Bertz CT molecular complexity index is 506. The number of amides is 2. The molecule has 0 saturated carbocycles. The van der Waals surface area contributed by atoms with Gasteiger partial charge >= 0.3 is 0 Å². The maximum Gasteiger partial charge on any atom is 0.238 e. The third-order valence-electron chi connectivity index (χ3n) is 3.75. The second-order valence-electron chi connectivity index (χ2n) is 5.27. The van der Waals surface area contributed by atoms with Gasteiger partial charge in [0.05, 0.1) is 13.1 Å². The number of hydrogen-bond donors (Lipinski definition) is 2. The minimum Gasteiger partial charge on any atom is -0.354 e. The summed E-state index contributed by atoms with van der Waals surface area (Å²) in [5.74, 6) is -0.0717. The van der Waals surface area contributed by atoms with Crippen molar-refractivity contribution < 1.29 is 9.59 Å². The fourth-order valence-corrected chi connectivity index (χ4v) is 2.61. The first-order valence-electron chi connectivity index (χ1n) is 7.53. The van der Waals surface area contributed by atoms with Crippen molar-refractivity contribution in [1.82, 2.24) is 10.2 Å². The molecule has 5 heteroatoms. The van der Waals surface area contributed by atoms with Crippen molar-refractivity contribution in [3.8, 4) is 0 Å². The first-order valence-corrected chi connectivity index (χ1v) is 7.53. The Morgan fingerprint density at radius 2 is 1.95 bits per heavy atom. The molecule has 0 atom stereocenters. The maximum atomic E-state index is 12.2. The van der Waals surface area contributed by atoms with Gasteiger partial charge < -0.3 is 10.6 Å². The molecule has 5 nitrogen and oxygen atoms in total. The summed E-state index contributed by atoms with van der Waals surface area (Å²) in [4.78, 5) is 25.4. The summed E-state index contributed by atoms with van der Waals surface area (Å²) in [5.41, 5.74) is 3.24. The molecule has 0 unspecified atom stereocenters. The van der Waals surface area contributed by atoms with E-state index in [1.165, 1.54) is 0 Å². The van der Waals surface area contributed by atoms with Gasteiger partial charge in [-0.2, -0.15) is 0 Å². The second-order valence-corrected chi connectivity index (χ2v) is 5.27. The van der Waals surface area contributed by atoms with Gasteiger partial charge in [0.1, 0.15) is 0 Å². The molecule has 114 valence electrons. The van der Waals surface area contributed by atoms with Crippen LogP contribution in [0.4, 0.5) is 5.69 Å². The first kappa shape index (κ1) is 15.5. The fourth-order valence-electron chi connectivity index (χ4n) is 2.61. The van der Waals surface area contributed by atoms with Crippen molar-refractivity contribution >= 4 is 17.5 Å². The maximum absolute atomic E-state index is 12.2. The number of nitrogens with zero attached hydrogens (tertiary/aromatic N) is 1. The quantitative estimate of drug-likeness (QED) is 0.856. The summed E-state index contributed by atoms with van der Waals surface area (Å²) < 4.78 is 0. The number of para-hydroxylation sites is 1. The predicted molar refractivity (Wildman–Crippen MR) is 83.3 cm³/mol. The molecular weight excluding hydrogens is 266 g/mol. The monoisotopic (exact) mass is 289 g/mol.